The van der Waals surface area contributed by atoms with Crippen molar-refractivity contribution in [3.63, 3.8) is 0 Å². The van der Waals surface area contributed by atoms with E-state index in [9.17, 15) is 9.59 Å². The van der Waals surface area contributed by atoms with Crippen molar-refractivity contribution in [1.29, 1.82) is 0 Å². The number of amides is 2. The van der Waals surface area contributed by atoms with Crippen LogP contribution in [0, 0.1) is 0 Å². The molecule has 1 fully saturated rings. The summed E-state index contributed by atoms with van der Waals surface area (Å²) >= 11 is 0. The van der Waals surface area contributed by atoms with Crippen molar-refractivity contribution in [2.75, 3.05) is 11.4 Å². The Morgan fingerprint density at radius 2 is 1.95 bits per heavy atom. The van der Waals surface area contributed by atoms with Crippen LogP contribution in [0.15, 0.2) is 24.3 Å². The molecular weight excluding hydrogens is 254 g/mol. The number of hydrogen-bond acceptors (Lipinski definition) is 4. The number of piperazine rings is 1. The minimum absolute atomic E-state index is 0.0253. The lowest BCUT2D eigenvalue weighted by Crippen LogP contribution is -2.58. The highest BCUT2D eigenvalue weighted by atomic mass is 16.2. The van der Waals surface area contributed by atoms with Crippen LogP contribution < -0.4 is 16.0 Å². The summed E-state index contributed by atoms with van der Waals surface area (Å²) in [5.74, 6) is -0.480. The predicted octanol–water partition coefficient (Wildman–Crippen LogP) is 1.34. The third-order valence-corrected chi connectivity index (χ3v) is 3.73. The Labute approximate surface area is 119 Å². The summed E-state index contributed by atoms with van der Waals surface area (Å²) in [5.41, 5.74) is 7.94. The van der Waals surface area contributed by atoms with Gasteiger partial charge in [0.25, 0.3) is 0 Å². The van der Waals surface area contributed by atoms with E-state index in [4.69, 9.17) is 5.73 Å². The second-order valence-corrected chi connectivity index (χ2v) is 5.07. The van der Waals surface area contributed by atoms with Gasteiger partial charge in [-0.3, -0.25) is 14.9 Å². The summed E-state index contributed by atoms with van der Waals surface area (Å²) in [7, 11) is 0. The highest BCUT2D eigenvalue weighted by Gasteiger charge is 2.32. The molecule has 0 saturated carbocycles. The molecule has 0 bridgehead atoms. The molecule has 1 aromatic rings. The summed E-state index contributed by atoms with van der Waals surface area (Å²) in [6.07, 6.45) is 1.54. The lowest BCUT2D eigenvalue weighted by atomic mass is 10.0. The molecular formula is C15H21N3O2. The largest absolute Gasteiger partial charge is 0.350 e. The summed E-state index contributed by atoms with van der Waals surface area (Å²) in [6, 6.07) is 7.52. The average Bonchev–Trinajstić information content (AvgIpc) is 2.46. The zero-order valence-electron chi connectivity index (χ0n) is 11.9. The minimum atomic E-state index is -0.293. The maximum atomic E-state index is 11.8. The molecule has 1 aliphatic heterocycles. The van der Waals surface area contributed by atoms with E-state index in [1.807, 2.05) is 43.0 Å². The normalized spacial score (nSPS) is 20.8. The molecule has 1 heterocycles. The van der Waals surface area contributed by atoms with Gasteiger partial charge in [-0.25, -0.2) is 0 Å². The van der Waals surface area contributed by atoms with E-state index in [1.54, 1.807) is 0 Å². The van der Waals surface area contributed by atoms with Crippen molar-refractivity contribution in [2.24, 2.45) is 5.73 Å². The van der Waals surface area contributed by atoms with Crippen molar-refractivity contribution < 1.29 is 9.59 Å². The van der Waals surface area contributed by atoms with Gasteiger partial charge in [0, 0.05) is 11.7 Å². The SMILES string of the molecule is CCC1C(=O)NC(=O)CN1c1ccc([C@H](N)CC)cc1. The first-order chi connectivity index (χ1) is 9.56. The molecule has 0 spiro atoms. The number of carbonyl (C=O) groups excluding carboxylic acids is 2. The van der Waals surface area contributed by atoms with Crippen LogP contribution in [-0.2, 0) is 9.59 Å². The molecule has 0 radical (unpaired) electrons. The number of nitrogens with one attached hydrogen (secondary N) is 1. The molecule has 108 valence electrons. The number of benzene rings is 1. The van der Waals surface area contributed by atoms with Crippen LogP contribution in [0.2, 0.25) is 0 Å². The number of nitrogens with two attached hydrogens (primary N) is 1. The molecule has 2 rings (SSSR count). The van der Waals surface area contributed by atoms with Crippen molar-refractivity contribution >= 4 is 17.5 Å². The molecule has 0 aromatic heterocycles. The fourth-order valence-corrected chi connectivity index (χ4v) is 2.49. The van der Waals surface area contributed by atoms with Gasteiger partial charge in [-0.15, -0.1) is 0 Å². The van der Waals surface area contributed by atoms with Gasteiger partial charge in [0.1, 0.15) is 6.04 Å². The summed E-state index contributed by atoms with van der Waals surface area (Å²) in [4.78, 5) is 25.2. The van der Waals surface area contributed by atoms with Crippen LogP contribution in [0.1, 0.15) is 38.3 Å². The van der Waals surface area contributed by atoms with Gasteiger partial charge in [-0.05, 0) is 30.5 Å². The highest BCUT2D eigenvalue weighted by Crippen LogP contribution is 2.23. The Morgan fingerprint density at radius 3 is 2.50 bits per heavy atom. The van der Waals surface area contributed by atoms with Gasteiger partial charge in [0.15, 0.2) is 0 Å². The molecule has 0 aliphatic carbocycles. The number of carbonyl (C=O) groups is 2. The van der Waals surface area contributed by atoms with Crippen LogP contribution in [-0.4, -0.2) is 24.4 Å². The Balaban J connectivity index is 2.24. The Morgan fingerprint density at radius 1 is 1.30 bits per heavy atom. The number of hydrogen-bond donors (Lipinski definition) is 2. The molecule has 5 heteroatoms. The average molecular weight is 275 g/mol. The van der Waals surface area contributed by atoms with E-state index in [-0.39, 0.29) is 30.4 Å². The van der Waals surface area contributed by atoms with E-state index >= 15 is 0 Å². The van der Waals surface area contributed by atoms with Crippen LogP contribution in [0.25, 0.3) is 0 Å². The van der Waals surface area contributed by atoms with Gasteiger partial charge in [0.2, 0.25) is 11.8 Å². The number of imide groups is 1. The quantitative estimate of drug-likeness (QED) is 0.813. The lowest BCUT2D eigenvalue weighted by molar-refractivity contribution is -0.132. The van der Waals surface area contributed by atoms with Crippen molar-refractivity contribution in [2.45, 2.75) is 38.8 Å². The predicted molar refractivity (Wildman–Crippen MR) is 78.2 cm³/mol. The van der Waals surface area contributed by atoms with Crippen LogP contribution in [0.4, 0.5) is 5.69 Å². The van der Waals surface area contributed by atoms with Crippen LogP contribution in [0.3, 0.4) is 0 Å². The third kappa shape index (κ3) is 2.82. The van der Waals surface area contributed by atoms with Crippen LogP contribution in [0.5, 0.6) is 0 Å². The van der Waals surface area contributed by atoms with E-state index in [1.165, 1.54) is 0 Å². The number of rotatable bonds is 4. The van der Waals surface area contributed by atoms with E-state index in [0.29, 0.717) is 6.42 Å². The first kappa shape index (κ1) is 14.5. The molecule has 1 aliphatic rings. The van der Waals surface area contributed by atoms with Gasteiger partial charge in [0.05, 0.1) is 6.54 Å². The Bertz CT molecular complexity index is 498. The fraction of sp³-hybridized carbons (Fsp3) is 0.467. The van der Waals surface area contributed by atoms with Gasteiger partial charge in [-0.2, -0.15) is 0 Å². The monoisotopic (exact) mass is 275 g/mol. The zero-order valence-corrected chi connectivity index (χ0v) is 11.9. The first-order valence-electron chi connectivity index (χ1n) is 7.02. The summed E-state index contributed by atoms with van der Waals surface area (Å²) in [5, 5.41) is 2.38. The second kappa shape index (κ2) is 6.05. The first-order valence-corrected chi connectivity index (χ1v) is 7.02. The van der Waals surface area contributed by atoms with Gasteiger partial charge < -0.3 is 10.6 Å². The summed E-state index contributed by atoms with van der Waals surface area (Å²) < 4.78 is 0. The lowest BCUT2D eigenvalue weighted by Gasteiger charge is -2.35. The maximum Gasteiger partial charge on any atom is 0.249 e. The Kier molecular flexibility index (Phi) is 4.39. The topological polar surface area (TPSA) is 75.4 Å². The molecule has 1 unspecified atom stereocenters. The number of nitrogens with zero attached hydrogens (tertiary/aromatic N) is 1. The van der Waals surface area contributed by atoms with E-state index in [0.717, 1.165) is 17.7 Å². The molecule has 1 aromatic carbocycles. The standard InChI is InChI=1S/C15H21N3O2/c1-3-12(16)10-5-7-11(8-6-10)18-9-14(19)17-15(20)13(18)4-2/h5-8,12-13H,3-4,9,16H2,1-2H3,(H,17,19,20)/t12-,13?/m1/s1. The van der Waals surface area contributed by atoms with Crippen molar-refractivity contribution in [3.05, 3.63) is 29.8 Å². The fourth-order valence-electron chi connectivity index (χ4n) is 2.49. The molecule has 5 nitrogen and oxygen atoms in total. The molecule has 1 saturated heterocycles. The minimum Gasteiger partial charge on any atom is -0.350 e. The van der Waals surface area contributed by atoms with Crippen LogP contribution >= 0.6 is 0 Å². The smallest absolute Gasteiger partial charge is 0.249 e. The van der Waals surface area contributed by atoms with Crippen molar-refractivity contribution in [1.82, 2.24) is 5.32 Å². The van der Waals surface area contributed by atoms with E-state index < -0.39 is 0 Å². The Hall–Kier alpha value is -1.88. The highest BCUT2D eigenvalue weighted by molar-refractivity contribution is 6.04. The molecule has 2 amide bonds. The second-order valence-electron chi connectivity index (χ2n) is 5.07. The van der Waals surface area contributed by atoms with Crippen molar-refractivity contribution in [3.8, 4) is 0 Å². The maximum absolute atomic E-state index is 11.8. The van der Waals surface area contributed by atoms with E-state index in [2.05, 4.69) is 5.32 Å². The third-order valence-electron chi connectivity index (χ3n) is 3.73. The van der Waals surface area contributed by atoms with Gasteiger partial charge in [-0.1, -0.05) is 26.0 Å². The molecule has 3 N–H and O–H groups in total. The molecule has 2 atom stereocenters. The zero-order chi connectivity index (χ0) is 14.7. The summed E-state index contributed by atoms with van der Waals surface area (Å²) in [6.45, 7) is 4.19. The number of anilines is 1. The molecule has 20 heavy (non-hydrogen) atoms. The van der Waals surface area contributed by atoms with Gasteiger partial charge >= 0.3 is 0 Å².